The second kappa shape index (κ2) is 13.8. The van der Waals surface area contributed by atoms with Crippen LogP contribution in [0.3, 0.4) is 0 Å². The van der Waals surface area contributed by atoms with Gasteiger partial charge in [-0.25, -0.2) is 4.79 Å². The Morgan fingerprint density at radius 1 is 1.08 bits per heavy atom. The highest BCUT2D eigenvalue weighted by atomic mass is 16.6. The van der Waals surface area contributed by atoms with Gasteiger partial charge in [-0.2, -0.15) is 0 Å². The molecule has 0 aromatic heterocycles. The second-order valence-corrected chi connectivity index (χ2v) is 12.2. The number of benzene rings is 1. The Kier molecular flexibility index (Phi) is 11.4. The molecule has 218 valence electrons. The Morgan fingerprint density at radius 2 is 1.72 bits per heavy atom. The van der Waals surface area contributed by atoms with Crippen LogP contribution in [-0.2, 0) is 19.1 Å². The lowest BCUT2D eigenvalue weighted by Gasteiger charge is -2.45. The number of nitrogens with one attached hydrogen (secondary N) is 2. The first-order chi connectivity index (χ1) is 18.1. The molecule has 0 bridgehead atoms. The van der Waals surface area contributed by atoms with E-state index in [1.807, 2.05) is 52.0 Å². The number of hydrogen-bond acceptors (Lipinski definition) is 5. The molecule has 4 N–H and O–H groups in total. The lowest BCUT2D eigenvalue weighted by Crippen LogP contribution is -2.60. The van der Waals surface area contributed by atoms with Crippen molar-refractivity contribution in [2.45, 2.75) is 129 Å². The Labute approximate surface area is 233 Å². The number of alkyl carbamates (subject to hydrolysis) is 1. The van der Waals surface area contributed by atoms with Gasteiger partial charge in [0.25, 0.3) is 0 Å². The monoisotopic (exact) mass is 544 g/mol. The Balaban J connectivity index is 2.56. The van der Waals surface area contributed by atoms with Gasteiger partial charge in [0.1, 0.15) is 17.7 Å². The topological polar surface area (TPSA) is 131 Å². The van der Waals surface area contributed by atoms with Crippen LogP contribution < -0.4 is 16.4 Å². The van der Waals surface area contributed by atoms with Crippen molar-refractivity contribution >= 4 is 23.8 Å². The predicted octanol–water partition coefficient (Wildman–Crippen LogP) is 4.66. The van der Waals surface area contributed by atoms with E-state index in [4.69, 9.17) is 10.5 Å². The molecule has 1 saturated carbocycles. The van der Waals surface area contributed by atoms with Crippen LogP contribution in [-0.4, -0.2) is 51.9 Å². The van der Waals surface area contributed by atoms with E-state index in [2.05, 4.69) is 10.6 Å². The lowest BCUT2D eigenvalue weighted by atomic mass is 9.90. The molecule has 1 aromatic rings. The molecule has 9 nitrogen and oxygen atoms in total. The van der Waals surface area contributed by atoms with Crippen LogP contribution >= 0.6 is 0 Å². The molecule has 2 atom stereocenters. The fourth-order valence-electron chi connectivity index (χ4n) is 4.89. The first kappa shape index (κ1) is 32.1. The van der Waals surface area contributed by atoms with Gasteiger partial charge in [0, 0.05) is 18.0 Å². The van der Waals surface area contributed by atoms with E-state index >= 15 is 0 Å². The number of carbonyl (C=O) groups is 4. The smallest absolute Gasteiger partial charge is 0.408 e. The number of primary amides is 1. The van der Waals surface area contributed by atoms with E-state index in [0.29, 0.717) is 12.0 Å². The van der Waals surface area contributed by atoms with Crippen LogP contribution in [0.2, 0.25) is 0 Å². The van der Waals surface area contributed by atoms with Crippen molar-refractivity contribution in [1.29, 1.82) is 0 Å². The quantitative estimate of drug-likeness (QED) is 0.373. The molecule has 4 amide bonds. The summed E-state index contributed by atoms with van der Waals surface area (Å²) in [4.78, 5) is 54.4. The Morgan fingerprint density at radius 3 is 2.26 bits per heavy atom. The van der Waals surface area contributed by atoms with Crippen molar-refractivity contribution in [1.82, 2.24) is 15.5 Å². The molecular formula is C30H48N4O5. The molecule has 1 aliphatic rings. The summed E-state index contributed by atoms with van der Waals surface area (Å²) in [5, 5.41) is 5.86. The first-order valence-electron chi connectivity index (χ1n) is 14.1. The SMILES string of the molecule is CCC(C)(C)N(C(=O)C(CCC(N)=O)NC(=O)OC(C)(C)C)C(C(=O)NC1CCCCC1)c1cccc(C)c1. The van der Waals surface area contributed by atoms with Crippen molar-refractivity contribution in [3.8, 4) is 0 Å². The number of hydrogen-bond donors (Lipinski definition) is 3. The maximum absolute atomic E-state index is 14.4. The minimum absolute atomic E-state index is 0.0194. The van der Waals surface area contributed by atoms with Crippen LogP contribution in [0.15, 0.2) is 24.3 Å². The van der Waals surface area contributed by atoms with Gasteiger partial charge >= 0.3 is 6.09 Å². The minimum atomic E-state index is -1.12. The third kappa shape index (κ3) is 9.86. The van der Waals surface area contributed by atoms with Crippen LogP contribution in [0.1, 0.15) is 110 Å². The third-order valence-electron chi connectivity index (χ3n) is 7.24. The van der Waals surface area contributed by atoms with Gasteiger partial charge in [-0.05, 0) is 72.8 Å². The highest BCUT2D eigenvalue weighted by molar-refractivity contribution is 5.93. The van der Waals surface area contributed by atoms with Crippen LogP contribution in [0.5, 0.6) is 0 Å². The molecule has 9 heteroatoms. The Hall–Kier alpha value is -3.10. The summed E-state index contributed by atoms with van der Waals surface area (Å²) in [6, 6.07) is 5.57. The molecular weight excluding hydrogens is 496 g/mol. The zero-order valence-corrected chi connectivity index (χ0v) is 24.8. The predicted molar refractivity (Wildman–Crippen MR) is 152 cm³/mol. The fraction of sp³-hybridized carbons (Fsp3) is 0.667. The number of rotatable bonds is 11. The summed E-state index contributed by atoms with van der Waals surface area (Å²) in [7, 11) is 0. The highest BCUT2D eigenvalue weighted by Gasteiger charge is 2.43. The molecule has 0 radical (unpaired) electrons. The number of ether oxygens (including phenoxy) is 1. The van der Waals surface area contributed by atoms with E-state index in [1.165, 1.54) is 0 Å². The molecule has 0 heterocycles. The van der Waals surface area contributed by atoms with Crippen LogP contribution in [0.4, 0.5) is 4.79 Å². The Bertz CT molecular complexity index is 1010. The van der Waals surface area contributed by atoms with Crippen LogP contribution in [0, 0.1) is 6.92 Å². The molecule has 1 aromatic carbocycles. The van der Waals surface area contributed by atoms with Gasteiger partial charge in [-0.1, -0.05) is 56.0 Å². The summed E-state index contributed by atoms with van der Waals surface area (Å²) in [5.74, 6) is -1.32. The van der Waals surface area contributed by atoms with Gasteiger partial charge in [0.15, 0.2) is 0 Å². The molecule has 39 heavy (non-hydrogen) atoms. The molecule has 1 aliphatic carbocycles. The van der Waals surface area contributed by atoms with Crippen molar-refractivity contribution in [2.24, 2.45) is 5.73 Å². The summed E-state index contributed by atoms with van der Waals surface area (Å²) >= 11 is 0. The number of amides is 4. The molecule has 0 saturated heterocycles. The average molecular weight is 545 g/mol. The molecule has 2 unspecified atom stereocenters. The molecule has 2 rings (SSSR count). The summed E-state index contributed by atoms with van der Waals surface area (Å²) < 4.78 is 5.41. The minimum Gasteiger partial charge on any atom is -0.444 e. The third-order valence-corrected chi connectivity index (χ3v) is 7.24. The van der Waals surface area contributed by atoms with E-state index in [1.54, 1.807) is 25.7 Å². The van der Waals surface area contributed by atoms with Gasteiger partial charge in [0.05, 0.1) is 0 Å². The van der Waals surface area contributed by atoms with Crippen LogP contribution in [0.25, 0.3) is 0 Å². The van der Waals surface area contributed by atoms with Gasteiger partial charge in [0.2, 0.25) is 17.7 Å². The van der Waals surface area contributed by atoms with E-state index in [9.17, 15) is 19.2 Å². The second-order valence-electron chi connectivity index (χ2n) is 12.2. The molecule has 0 spiro atoms. The van der Waals surface area contributed by atoms with Crippen molar-refractivity contribution < 1.29 is 23.9 Å². The zero-order chi connectivity index (χ0) is 29.4. The highest BCUT2D eigenvalue weighted by Crippen LogP contribution is 2.33. The summed E-state index contributed by atoms with van der Waals surface area (Å²) in [5.41, 5.74) is 5.50. The van der Waals surface area contributed by atoms with Gasteiger partial charge < -0.3 is 26.0 Å². The van der Waals surface area contributed by atoms with Crippen molar-refractivity contribution in [2.75, 3.05) is 0 Å². The number of nitrogens with two attached hydrogens (primary N) is 1. The van der Waals surface area contributed by atoms with E-state index < -0.39 is 41.1 Å². The standard InChI is InChI=1S/C30H48N4O5/c1-8-30(6,7)34(27(37)23(17-18-24(31)35)33-28(38)39-29(3,4)5)25(21-14-12-13-20(2)19-21)26(36)32-22-15-10-9-11-16-22/h12-14,19,22-23,25H,8-11,15-18H2,1-7H3,(H2,31,35)(H,32,36)(H,33,38). The van der Waals surface area contributed by atoms with E-state index in [0.717, 1.165) is 37.7 Å². The maximum Gasteiger partial charge on any atom is 0.408 e. The van der Waals surface area contributed by atoms with Gasteiger partial charge in [-0.3, -0.25) is 14.4 Å². The lowest BCUT2D eigenvalue weighted by molar-refractivity contribution is -0.150. The molecule has 1 fully saturated rings. The maximum atomic E-state index is 14.4. The fourth-order valence-corrected chi connectivity index (χ4v) is 4.89. The number of nitrogens with zero attached hydrogens (tertiary/aromatic N) is 1. The normalized spacial score (nSPS) is 16.1. The van der Waals surface area contributed by atoms with E-state index in [-0.39, 0.29) is 24.8 Å². The largest absolute Gasteiger partial charge is 0.444 e. The molecule has 0 aliphatic heterocycles. The van der Waals surface area contributed by atoms with Crippen molar-refractivity contribution in [3.63, 3.8) is 0 Å². The number of carbonyl (C=O) groups excluding carboxylic acids is 4. The zero-order valence-electron chi connectivity index (χ0n) is 24.8. The average Bonchev–Trinajstić information content (AvgIpc) is 2.83. The summed E-state index contributed by atoms with van der Waals surface area (Å²) in [6.45, 7) is 12.9. The first-order valence-corrected chi connectivity index (χ1v) is 14.1. The summed E-state index contributed by atoms with van der Waals surface area (Å²) in [6.07, 6.45) is 4.70. The number of aryl methyl sites for hydroxylation is 1. The van der Waals surface area contributed by atoms with Gasteiger partial charge in [-0.15, -0.1) is 0 Å². The van der Waals surface area contributed by atoms with Crippen molar-refractivity contribution in [3.05, 3.63) is 35.4 Å².